The van der Waals surface area contributed by atoms with Gasteiger partial charge in [0, 0.05) is 6.42 Å². The highest BCUT2D eigenvalue weighted by molar-refractivity contribution is 6.33. The fraction of sp³-hybridized carbons (Fsp3) is 0.333. The van der Waals surface area contributed by atoms with Crippen LogP contribution >= 0.6 is 0 Å². The highest BCUT2D eigenvalue weighted by Crippen LogP contribution is 2.05. The molecule has 0 saturated heterocycles. The van der Waals surface area contributed by atoms with Crippen molar-refractivity contribution in [1.82, 2.24) is 0 Å². The molecular formula is C12H14O3. The van der Waals surface area contributed by atoms with E-state index in [1.54, 1.807) is 6.92 Å². The lowest BCUT2D eigenvalue weighted by Crippen LogP contribution is -2.15. The van der Waals surface area contributed by atoms with Crippen molar-refractivity contribution >= 4 is 11.8 Å². The van der Waals surface area contributed by atoms with Crippen molar-refractivity contribution in [3.05, 3.63) is 35.4 Å². The van der Waals surface area contributed by atoms with E-state index in [9.17, 15) is 9.59 Å². The molecule has 0 aliphatic heterocycles. The number of carbonyl (C=O) groups is 2. The third-order valence-corrected chi connectivity index (χ3v) is 2.00. The van der Waals surface area contributed by atoms with Crippen molar-refractivity contribution in [1.29, 1.82) is 0 Å². The summed E-state index contributed by atoms with van der Waals surface area (Å²) in [4.78, 5) is 22.0. The number of esters is 1. The van der Waals surface area contributed by atoms with Crippen LogP contribution in [0.4, 0.5) is 0 Å². The van der Waals surface area contributed by atoms with Gasteiger partial charge < -0.3 is 4.74 Å². The second kappa shape index (κ2) is 5.29. The van der Waals surface area contributed by atoms with Crippen molar-refractivity contribution in [2.75, 3.05) is 0 Å². The van der Waals surface area contributed by atoms with Crippen LogP contribution in [-0.2, 0) is 20.9 Å². The largest absolute Gasteiger partial charge is 0.455 e. The number of benzene rings is 1. The summed E-state index contributed by atoms with van der Waals surface area (Å²) in [5.74, 6) is -1.23. The van der Waals surface area contributed by atoms with Crippen LogP contribution in [0, 0.1) is 6.92 Å². The maximum atomic E-state index is 11.1. The first-order valence-electron chi connectivity index (χ1n) is 4.89. The number of hydrogen-bond donors (Lipinski definition) is 0. The number of carbonyl (C=O) groups excluding carboxylic acids is 2. The van der Waals surface area contributed by atoms with Crippen molar-refractivity contribution in [3.8, 4) is 0 Å². The Kier molecular flexibility index (Phi) is 4.03. The van der Waals surface area contributed by atoms with Gasteiger partial charge in [-0.2, -0.15) is 0 Å². The minimum atomic E-state index is -0.751. The fourth-order valence-corrected chi connectivity index (χ4v) is 1.18. The topological polar surface area (TPSA) is 43.4 Å². The van der Waals surface area contributed by atoms with Gasteiger partial charge in [-0.3, -0.25) is 4.79 Å². The quantitative estimate of drug-likeness (QED) is 0.559. The second-order valence-corrected chi connectivity index (χ2v) is 3.34. The molecule has 0 atom stereocenters. The van der Waals surface area contributed by atoms with E-state index in [1.165, 1.54) is 0 Å². The molecule has 0 radical (unpaired) electrons. The summed E-state index contributed by atoms with van der Waals surface area (Å²) in [6.07, 6.45) is 0.187. The Labute approximate surface area is 89.1 Å². The average Bonchev–Trinajstić information content (AvgIpc) is 2.25. The SMILES string of the molecule is CCC(=O)C(=O)OCc1cccc(C)c1. The van der Waals surface area contributed by atoms with Gasteiger partial charge in [0.1, 0.15) is 6.61 Å². The first-order chi connectivity index (χ1) is 7.13. The van der Waals surface area contributed by atoms with E-state index in [1.807, 2.05) is 31.2 Å². The Morgan fingerprint density at radius 1 is 1.33 bits per heavy atom. The summed E-state index contributed by atoms with van der Waals surface area (Å²) in [5, 5.41) is 0. The van der Waals surface area contributed by atoms with Crippen LogP contribution < -0.4 is 0 Å². The third kappa shape index (κ3) is 3.54. The molecule has 0 unspecified atom stereocenters. The van der Waals surface area contributed by atoms with E-state index >= 15 is 0 Å². The lowest BCUT2D eigenvalue weighted by molar-refractivity contribution is -0.154. The fourth-order valence-electron chi connectivity index (χ4n) is 1.18. The normalized spacial score (nSPS) is 9.73. The van der Waals surface area contributed by atoms with Crippen LogP contribution in [0.2, 0.25) is 0 Å². The number of aryl methyl sites for hydroxylation is 1. The first kappa shape index (κ1) is 11.4. The van der Waals surface area contributed by atoms with E-state index in [2.05, 4.69) is 0 Å². The molecule has 3 nitrogen and oxygen atoms in total. The first-order valence-corrected chi connectivity index (χ1v) is 4.89. The Morgan fingerprint density at radius 3 is 2.67 bits per heavy atom. The lowest BCUT2D eigenvalue weighted by atomic mass is 10.1. The van der Waals surface area contributed by atoms with Crippen LogP contribution in [0.3, 0.4) is 0 Å². The summed E-state index contributed by atoms with van der Waals surface area (Å²) in [5.41, 5.74) is 2.00. The van der Waals surface area contributed by atoms with E-state index in [4.69, 9.17) is 4.74 Å². The number of ketones is 1. The average molecular weight is 206 g/mol. The molecule has 0 N–H and O–H groups in total. The van der Waals surface area contributed by atoms with E-state index in [0.717, 1.165) is 11.1 Å². The lowest BCUT2D eigenvalue weighted by Gasteiger charge is -2.03. The monoisotopic (exact) mass is 206 g/mol. The van der Waals surface area contributed by atoms with Gasteiger partial charge in [0.05, 0.1) is 0 Å². The molecular weight excluding hydrogens is 192 g/mol. The van der Waals surface area contributed by atoms with Gasteiger partial charge in [0.25, 0.3) is 0 Å². The van der Waals surface area contributed by atoms with Gasteiger partial charge >= 0.3 is 5.97 Å². The molecule has 0 fully saturated rings. The van der Waals surface area contributed by atoms with Gasteiger partial charge in [0.2, 0.25) is 5.78 Å². The number of Topliss-reactive ketones (excluding diaryl/α,β-unsaturated/α-hetero) is 1. The predicted molar refractivity (Wildman–Crippen MR) is 56.3 cm³/mol. The number of ether oxygens (including phenoxy) is 1. The van der Waals surface area contributed by atoms with Crippen molar-refractivity contribution < 1.29 is 14.3 Å². The van der Waals surface area contributed by atoms with Gasteiger partial charge in [-0.25, -0.2) is 4.79 Å². The second-order valence-electron chi connectivity index (χ2n) is 3.34. The zero-order valence-corrected chi connectivity index (χ0v) is 8.95. The van der Waals surface area contributed by atoms with Crippen molar-refractivity contribution in [2.45, 2.75) is 26.9 Å². The molecule has 0 aliphatic rings. The molecule has 1 rings (SSSR count). The molecule has 1 aromatic carbocycles. The molecule has 80 valence electrons. The van der Waals surface area contributed by atoms with Crippen LogP contribution in [-0.4, -0.2) is 11.8 Å². The zero-order chi connectivity index (χ0) is 11.3. The Bertz CT molecular complexity index is 369. The van der Waals surface area contributed by atoms with Gasteiger partial charge in [0.15, 0.2) is 0 Å². The minimum absolute atomic E-state index is 0.159. The standard InChI is InChI=1S/C12H14O3/c1-3-11(13)12(14)15-8-10-6-4-5-9(2)7-10/h4-7H,3,8H2,1-2H3. The summed E-state index contributed by atoms with van der Waals surface area (Å²) >= 11 is 0. The van der Waals surface area contributed by atoms with Crippen molar-refractivity contribution in [3.63, 3.8) is 0 Å². The third-order valence-electron chi connectivity index (χ3n) is 2.00. The molecule has 3 heteroatoms. The van der Waals surface area contributed by atoms with Crippen LogP contribution in [0.25, 0.3) is 0 Å². The molecule has 0 bridgehead atoms. The Morgan fingerprint density at radius 2 is 2.07 bits per heavy atom. The molecule has 15 heavy (non-hydrogen) atoms. The zero-order valence-electron chi connectivity index (χ0n) is 8.95. The summed E-state index contributed by atoms with van der Waals surface area (Å²) in [6.45, 7) is 3.75. The van der Waals surface area contributed by atoms with Crippen molar-refractivity contribution in [2.24, 2.45) is 0 Å². The van der Waals surface area contributed by atoms with Crippen LogP contribution in [0.5, 0.6) is 0 Å². The number of rotatable bonds is 4. The summed E-state index contributed by atoms with van der Waals surface area (Å²) in [6, 6.07) is 7.63. The van der Waals surface area contributed by atoms with Crippen LogP contribution in [0.15, 0.2) is 24.3 Å². The van der Waals surface area contributed by atoms with Crippen LogP contribution in [0.1, 0.15) is 24.5 Å². The molecule has 0 aromatic heterocycles. The molecule has 0 amide bonds. The maximum Gasteiger partial charge on any atom is 0.374 e. The van der Waals surface area contributed by atoms with Gasteiger partial charge in [-0.15, -0.1) is 0 Å². The molecule has 0 aliphatic carbocycles. The van der Waals surface area contributed by atoms with Gasteiger partial charge in [-0.1, -0.05) is 36.8 Å². The highest BCUT2D eigenvalue weighted by atomic mass is 16.5. The van der Waals surface area contributed by atoms with E-state index < -0.39 is 11.8 Å². The highest BCUT2D eigenvalue weighted by Gasteiger charge is 2.12. The molecule has 0 saturated carbocycles. The number of hydrogen-bond acceptors (Lipinski definition) is 3. The molecule has 0 heterocycles. The Balaban J connectivity index is 2.50. The Hall–Kier alpha value is -1.64. The predicted octanol–water partition coefficient (Wildman–Crippen LogP) is 2.02. The smallest absolute Gasteiger partial charge is 0.374 e. The van der Waals surface area contributed by atoms with Gasteiger partial charge in [-0.05, 0) is 12.5 Å². The summed E-state index contributed by atoms with van der Waals surface area (Å²) < 4.78 is 4.85. The van der Waals surface area contributed by atoms with E-state index in [-0.39, 0.29) is 13.0 Å². The molecule has 1 aromatic rings. The summed E-state index contributed by atoms with van der Waals surface area (Å²) in [7, 11) is 0. The molecule has 0 spiro atoms. The van der Waals surface area contributed by atoms with E-state index in [0.29, 0.717) is 0 Å². The maximum absolute atomic E-state index is 11.1. The minimum Gasteiger partial charge on any atom is -0.455 e.